The van der Waals surface area contributed by atoms with Gasteiger partial charge in [-0.05, 0) is 30.2 Å². The maximum Gasteiger partial charge on any atom is 0.243 e. The first kappa shape index (κ1) is 17.2. The molecule has 6 nitrogen and oxygen atoms in total. The van der Waals surface area contributed by atoms with Crippen LogP contribution in [0.5, 0.6) is 11.5 Å². The minimum absolute atomic E-state index is 0.196. The molecule has 0 unspecified atom stereocenters. The second-order valence-electron chi connectivity index (χ2n) is 5.10. The van der Waals surface area contributed by atoms with E-state index in [1.807, 2.05) is 6.07 Å². The number of nitrogens with zero attached hydrogens (tertiary/aromatic N) is 2. The topological polar surface area (TPSA) is 68.7 Å². The molecule has 7 heteroatoms. The predicted molar refractivity (Wildman–Crippen MR) is 87.2 cm³/mol. The number of hydrogen-bond acceptors (Lipinski definition) is 5. The molecule has 0 saturated carbocycles. The van der Waals surface area contributed by atoms with Gasteiger partial charge in [0, 0.05) is 32.1 Å². The zero-order valence-corrected chi connectivity index (χ0v) is 14.4. The average Bonchev–Trinajstić information content (AvgIpc) is 2.55. The molecule has 0 aliphatic rings. The van der Waals surface area contributed by atoms with Crippen molar-refractivity contribution in [1.29, 1.82) is 0 Å². The van der Waals surface area contributed by atoms with Crippen LogP contribution in [0.15, 0.2) is 41.6 Å². The number of hydrogen-bond donors (Lipinski definition) is 0. The molecule has 0 atom stereocenters. The van der Waals surface area contributed by atoms with Gasteiger partial charge in [0.15, 0.2) is 11.5 Å². The highest BCUT2D eigenvalue weighted by molar-refractivity contribution is 7.89. The van der Waals surface area contributed by atoms with Crippen molar-refractivity contribution in [3.63, 3.8) is 0 Å². The van der Waals surface area contributed by atoms with Crippen LogP contribution in [-0.4, -0.2) is 39.0 Å². The highest BCUT2D eigenvalue weighted by Gasteiger charge is 2.25. The summed E-state index contributed by atoms with van der Waals surface area (Å²) in [5.41, 5.74) is 1.41. The van der Waals surface area contributed by atoms with Crippen LogP contribution < -0.4 is 9.47 Å². The van der Waals surface area contributed by atoms with Gasteiger partial charge in [-0.25, -0.2) is 8.42 Å². The smallest absolute Gasteiger partial charge is 0.243 e. The van der Waals surface area contributed by atoms with E-state index >= 15 is 0 Å². The number of sulfonamides is 1. The highest BCUT2D eigenvalue weighted by Crippen LogP contribution is 2.33. The molecule has 1 aromatic carbocycles. The Morgan fingerprint density at radius 2 is 1.83 bits per heavy atom. The summed E-state index contributed by atoms with van der Waals surface area (Å²) in [5, 5.41) is 0. The van der Waals surface area contributed by atoms with Crippen molar-refractivity contribution in [3.8, 4) is 11.5 Å². The summed E-state index contributed by atoms with van der Waals surface area (Å²) in [5.74, 6) is 0.880. The summed E-state index contributed by atoms with van der Waals surface area (Å²) in [7, 11) is 0.874. The molecular formula is C16H20N2O4S. The number of benzene rings is 1. The lowest BCUT2D eigenvalue weighted by Gasteiger charge is -2.20. The fraction of sp³-hybridized carbons (Fsp3) is 0.312. The van der Waals surface area contributed by atoms with Crippen molar-refractivity contribution >= 4 is 10.0 Å². The molecule has 1 heterocycles. The van der Waals surface area contributed by atoms with Crippen LogP contribution >= 0.6 is 0 Å². The van der Waals surface area contributed by atoms with Gasteiger partial charge in [0.2, 0.25) is 10.0 Å². The molecular weight excluding hydrogens is 316 g/mol. The summed E-state index contributed by atoms with van der Waals surface area (Å²) in [4.78, 5) is 4.20. The zero-order chi connectivity index (χ0) is 17.0. The van der Waals surface area contributed by atoms with E-state index < -0.39 is 10.0 Å². The molecule has 1 aromatic heterocycles. The van der Waals surface area contributed by atoms with Gasteiger partial charge >= 0.3 is 0 Å². The van der Waals surface area contributed by atoms with E-state index in [0.717, 1.165) is 5.56 Å². The van der Waals surface area contributed by atoms with Crippen molar-refractivity contribution in [1.82, 2.24) is 9.29 Å². The van der Waals surface area contributed by atoms with Gasteiger partial charge in [-0.3, -0.25) is 4.98 Å². The van der Waals surface area contributed by atoms with Crippen LogP contribution in [0.25, 0.3) is 0 Å². The average molecular weight is 336 g/mol. The quantitative estimate of drug-likeness (QED) is 0.809. The summed E-state index contributed by atoms with van der Waals surface area (Å²) < 4.78 is 37.4. The van der Waals surface area contributed by atoms with Crippen molar-refractivity contribution in [2.75, 3.05) is 21.3 Å². The van der Waals surface area contributed by atoms with Crippen LogP contribution in [0.4, 0.5) is 0 Å². The van der Waals surface area contributed by atoms with Gasteiger partial charge in [-0.1, -0.05) is 6.07 Å². The van der Waals surface area contributed by atoms with Crippen LogP contribution in [0.2, 0.25) is 0 Å². The number of pyridine rings is 1. The molecule has 124 valence electrons. The van der Waals surface area contributed by atoms with Gasteiger partial charge in [0.1, 0.15) is 0 Å². The Balaban J connectivity index is 2.39. The van der Waals surface area contributed by atoms with E-state index in [1.165, 1.54) is 24.6 Å². The second-order valence-corrected chi connectivity index (χ2v) is 7.11. The van der Waals surface area contributed by atoms with Crippen molar-refractivity contribution in [2.45, 2.75) is 18.4 Å². The Morgan fingerprint density at radius 1 is 1.17 bits per heavy atom. The van der Waals surface area contributed by atoms with Crippen molar-refractivity contribution in [2.24, 2.45) is 0 Å². The third-order valence-corrected chi connectivity index (χ3v) is 5.44. The minimum Gasteiger partial charge on any atom is -0.493 e. The molecule has 2 aromatic rings. The molecule has 0 amide bonds. The van der Waals surface area contributed by atoms with Crippen LogP contribution in [-0.2, 0) is 16.6 Å². The number of aryl methyl sites for hydroxylation is 1. The predicted octanol–water partition coefficient (Wildman–Crippen LogP) is 2.23. The summed E-state index contributed by atoms with van der Waals surface area (Å²) >= 11 is 0. The van der Waals surface area contributed by atoms with Gasteiger partial charge in [0.05, 0.1) is 19.1 Å². The maximum atomic E-state index is 12.8. The molecule has 0 aliphatic carbocycles. The normalized spacial score (nSPS) is 11.5. The molecule has 0 aliphatic heterocycles. The van der Waals surface area contributed by atoms with Crippen molar-refractivity contribution in [3.05, 3.63) is 47.8 Å². The zero-order valence-electron chi connectivity index (χ0n) is 13.6. The van der Waals surface area contributed by atoms with E-state index in [1.54, 1.807) is 38.5 Å². The third-order valence-electron chi connectivity index (χ3n) is 3.50. The number of methoxy groups -OCH3 is 2. The van der Waals surface area contributed by atoms with Crippen LogP contribution in [0, 0.1) is 6.92 Å². The molecule has 0 fully saturated rings. The largest absolute Gasteiger partial charge is 0.493 e. The Morgan fingerprint density at radius 3 is 2.39 bits per heavy atom. The van der Waals surface area contributed by atoms with Crippen LogP contribution in [0.3, 0.4) is 0 Å². The molecule has 0 saturated heterocycles. The number of rotatable bonds is 6. The van der Waals surface area contributed by atoms with Gasteiger partial charge in [-0.15, -0.1) is 0 Å². The lowest BCUT2D eigenvalue weighted by Crippen LogP contribution is -2.27. The number of aromatic nitrogens is 1. The summed E-state index contributed by atoms with van der Waals surface area (Å²) in [6.07, 6.45) is 3.30. The standard InChI is InChI=1S/C16H20N2O4S/c1-12-8-14(21-3)15(22-4)9-16(12)23(19,20)18(2)11-13-6-5-7-17-10-13/h5-10H,11H2,1-4H3. The second kappa shape index (κ2) is 6.97. The molecule has 2 rings (SSSR count). The van der Waals surface area contributed by atoms with Gasteiger partial charge in [-0.2, -0.15) is 4.31 Å². The Labute approximate surface area is 136 Å². The van der Waals surface area contributed by atoms with Crippen molar-refractivity contribution < 1.29 is 17.9 Å². The first-order valence-corrected chi connectivity index (χ1v) is 8.42. The van der Waals surface area contributed by atoms with Gasteiger partial charge in [0.25, 0.3) is 0 Å². The Hall–Kier alpha value is -2.12. The maximum absolute atomic E-state index is 12.8. The van der Waals surface area contributed by atoms with Gasteiger partial charge < -0.3 is 9.47 Å². The first-order valence-electron chi connectivity index (χ1n) is 6.98. The summed E-state index contributed by atoms with van der Waals surface area (Å²) in [6, 6.07) is 6.75. The summed E-state index contributed by atoms with van der Waals surface area (Å²) in [6.45, 7) is 1.97. The first-order chi connectivity index (χ1) is 10.9. The SMILES string of the molecule is COc1cc(C)c(S(=O)(=O)N(C)Cc2cccnc2)cc1OC. The fourth-order valence-electron chi connectivity index (χ4n) is 2.24. The Bertz CT molecular complexity index is 776. The molecule has 0 spiro atoms. The van der Waals surface area contributed by atoms with E-state index in [9.17, 15) is 8.42 Å². The molecule has 0 radical (unpaired) electrons. The molecule has 0 bridgehead atoms. The van der Waals surface area contributed by atoms with Crippen LogP contribution in [0.1, 0.15) is 11.1 Å². The fourth-order valence-corrected chi connectivity index (χ4v) is 3.62. The van der Waals surface area contributed by atoms with E-state index in [0.29, 0.717) is 17.1 Å². The lowest BCUT2D eigenvalue weighted by atomic mass is 10.2. The van der Waals surface area contributed by atoms with E-state index in [-0.39, 0.29) is 11.4 Å². The number of ether oxygens (including phenoxy) is 2. The Kier molecular flexibility index (Phi) is 5.23. The van der Waals surface area contributed by atoms with E-state index in [2.05, 4.69) is 4.98 Å². The van der Waals surface area contributed by atoms with E-state index in [4.69, 9.17) is 9.47 Å². The minimum atomic E-state index is -3.66. The third kappa shape index (κ3) is 3.62. The molecule has 0 N–H and O–H groups in total. The lowest BCUT2D eigenvalue weighted by molar-refractivity contribution is 0.353. The highest BCUT2D eigenvalue weighted by atomic mass is 32.2. The molecule has 23 heavy (non-hydrogen) atoms. The monoisotopic (exact) mass is 336 g/mol.